The Morgan fingerprint density at radius 3 is 2.74 bits per heavy atom. The number of aromatic amines is 1. The minimum atomic E-state index is 0.427. The van der Waals surface area contributed by atoms with Gasteiger partial charge in [-0.3, -0.25) is 0 Å². The average Bonchev–Trinajstić information content (AvgIpc) is 3.23. The number of hydrogen-bond donors (Lipinski definition) is 1. The second-order valence-corrected chi connectivity index (χ2v) is 7.46. The molecule has 7 heteroatoms. The molecule has 0 unspecified atom stereocenters. The number of morpholine rings is 1. The van der Waals surface area contributed by atoms with E-state index in [0.29, 0.717) is 30.4 Å². The Balaban J connectivity index is 1.68. The first-order valence-electron chi connectivity index (χ1n) is 8.76. The van der Waals surface area contributed by atoms with E-state index >= 15 is 0 Å². The SMILES string of the molecule is Cc1cc2nc(/C(C#N)=C\c3cc(Br)c(N4CCOCC4)o3)[nH]c2cc1C. The van der Waals surface area contributed by atoms with Gasteiger partial charge in [-0.2, -0.15) is 5.26 Å². The number of halogens is 1. The number of furan rings is 1. The second-order valence-electron chi connectivity index (χ2n) is 6.61. The summed E-state index contributed by atoms with van der Waals surface area (Å²) in [5.41, 5.74) is 4.56. The lowest BCUT2D eigenvalue weighted by atomic mass is 10.1. The molecule has 6 nitrogen and oxygen atoms in total. The largest absolute Gasteiger partial charge is 0.440 e. The quantitative estimate of drug-likeness (QED) is 0.626. The molecule has 1 saturated heterocycles. The van der Waals surface area contributed by atoms with Crippen LogP contribution in [0.2, 0.25) is 0 Å². The Hall–Kier alpha value is -2.56. The van der Waals surface area contributed by atoms with E-state index in [4.69, 9.17) is 9.15 Å². The van der Waals surface area contributed by atoms with Crippen molar-refractivity contribution in [1.82, 2.24) is 9.97 Å². The van der Waals surface area contributed by atoms with Crippen LogP contribution in [0, 0.1) is 25.2 Å². The molecule has 1 aromatic carbocycles. The number of ether oxygens (including phenoxy) is 1. The molecular weight excluding hydrogens is 408 g/mol. The topological polar surface area (TPSA) is 78.1 Å². The number of nitrogens with one attached hydrogen (secondary N) is 1. The molecule has 0 spiro atoms. The molecule has 3 heterocycles. The van der Waals surface area contributed by atoms with Crippen molar-refractivity contribution < 1.29 is 9.15 Å². The third-order valence-electron chi connectivity index (χ3n) is 4.75. The number of rotatable bonds is 3. The zero-order valence-electron chi connectivity index (χ0n) is 15.2. The van der Waals surface area contributed by atoms with Gasteiger partial charge in [0.1, 0.15) is 17.7 Å². The maximum absolute atomic E-state index is 9.64. The van der Waals surface area contributed by atoms with Crippen LogP contribution in [0.15, 0.2) is 27.1 Å². The third-order valence-corrected chi connectivity index (χ3v) is 5.31. The fraction of sp³-hybridized carbons (Fsp3) is 0.300. The van der Waals surface area contributed by atoms with Crippen molar-refractivity contribution in [2.24, 2.45) is 0 Å². The molecule has 1 N–H and O–H groups in total. The van der Waals surface area contributed by atoms with E-state index in [1.165, 1.54) is 11.1 Å². The van der Waals surface area contributed by atoms with Gasteiger partial charge in [-0.15, -0.1) is 0 Å². The van der Waals surface area contributed by atoms with Gasteiger partial charge in [0, 0.05) is 25.2 Å². The first-order chi connectivity index (χ1) is 13.0. The van der Waals surface area contributed by atoms with E-state index in [-0.39, 0.29) is 0 Å². The summed E-state index contributed by atoms with van der Waals surface area (Å²) >= 11 is 3.55. The van der Waals surface area contributed by atoms with Crippen LogP contribution in [0.1, 0.15) is 22.7 Å². The zero-order valence-corrected chi connectivity index (χ0v) is 16.8. The molecule has 2 aromatic heterocycles. The summed E-state index contributed by atoms with van der Waals surface area (Å²) in [4.78, 5) is 9.94. The lowest BCUT2D eigenvalue weighted by Gasteiger charge is -2.26. The summed E-state index contributed by atoms with van der Waals surface area (Å²) in [6.07, 6.45) is 1.71. The van der Waals surface area contributed by atoms with Crippen LogP contribution in [0.5, 0.6) is 0 Å². The van der Waals surface area contributed by atoms with Crippen molar-refractivity contribution in [2.75, 3.05) is 31.2 Å². The van der Waals surface area contributed by atoms with Crippen molar-refractivity contribution in [3.8, 4) is 6.07 Å². The predicted octanol–water partition coefficient (Wildman–Crippen LogP) is 4.44. The number of hydrogen-bond acceptors (Lipinski definition) is 5. The van der Waals surface area contributed by atoms with Crippen molar-refractivity contribution in [3.63, 3.8) is 0 Å². The highest BCUT2D eigenvalue weighted by Gasteiger charge is 2.19. The number of fused-ring (bicyclic) bond motifs is 1. The van der Waals surface area contributed by atoms with E-state index in [2.05, 4.69) is 56.8 Å². The Morgan fingerprint density at radius 1 is 1.26 bits per heavy atom. The number of nitrogens with zero attached hydrogens (tertiary/aromatic N) is 3. The van der Waals surface area contributed by atoms with Crippen molar-refractivity contribution in [2.45, 2.75) is 13.8 Å². The van der Waals surface area contributed by atoms with Gasteiger partial charge in [0.15, 0.2) is 0 Å². The molecule has 4 rings (SSSR count). The second kappa shape index (κ2) is 7.22. The maximum atomic E-state index is 9.64. The molecule has 0 aliphatic carbocycles. The van der Waals surface area contributed by atoms with Gasteiger partial charge < -0.3 is 19.0 Å². The highest BCUT2D eigenvalue weighted by molar-refractivity contribution is 9.10. The summed E-state index contributed by atoms with van der Waals surface area (Å²) in [6, 6.07) is 8.18. The monoisotopic (exact) mass is 426 g/mol. The van der Waals surface area contributed by atoms with E-state index in [1.807, 2.05) is 12.1 Å². The molecule has 0 saturated carbocycles. The number of aromatic nitrogens is 2. The van der Waals surface area contributed by atoms with Crippen LogP contribution < -0.4 is 4.90 Å². The fourth-order valence-corrected chi connectivity index (χ4v) is 3.68. The molecular formula is C20H19BrN4O2. The molecule has 0 atom stereocenters. The van der Waals surface area contributed by atoms with Crippen LogP contribution in [0.25, 0.3) is 22.7 Å². The van der Waals surface area contributed by atoms with E-state index in [9.17, 15) is 5.26 Å². The lowest BCUT2D eigenvalue weighted by molar-refractivity contribution is 0.120. The molecule has 0 amide bonds. The molecule has 27 heavy (non-hydrogen) atoms. The Kier molecular flexibility index (Phi) is 4.77. The van der Waals surface area contributed by atoms with E-state index < -0.39 is 0 Å². The van der Waals surface area contributed by atoms with Crippen LogP contribution in [-0.4, -0.2) is 36.3 Å². The molecule has 3 aromatic rings. The minimum Gasteiger partial charge on any atom is -0.440 e. The number of H-pyrrole nitrogens is 1. The summed E-state index contributed by atoms with van der Waals surface area (Å²) < 4.78 is 12.2. The summed E-state index contributed by atoms with van der Waals surface area (Å²) in [6.45, 7) is 7.03. The normalized spacial score (nSPS) is 15.3. The van der Waals surface area contributed by atoms with Crippen LogP contribution in [-0.2, 0) is 4.74 Å². The van der Waals surface area contributed by atoms with Gasteiger partial charge in [-0.1, -0.05) is 0 Å². The highest BCUT2D eigenvalue weighted by atomic mass is 79.9. The van der Waals surface area contributed by atoms with Crippen LogP contribution in [0.3, 0.4) is 0 Å². The van der Waals surface area contributed by atoms with Gasteiger partial charge in [0.05, 0.1) is 34.3 Å². The summed E-state index contributed by atoms with van der Waals surface area (Å²) in [5.74, 6) is 1.91. The summed E-state index contributed by atoms with van der Waals surface area (Å²) in [5, 5.41) is 9.64. The predicted molar refractivity (Wildman–Crippen MR) is 108 cm³/mol. The number of imidazole rings is 1. The molecule has 1 aliphatic heterocycles. The van der Waals surface area contributed by atoms with E-state index in [0.717, 1.165) is 34.5 Å². The fourth-order valence-electron chi connectivity index (χ4n) is 3.12. The van der Waals surface area contributed by atoms with Gasteiger partial charge in [0.2, 0.25) is 5.88 Å². The van der Waals surface area contributed by atoms with Crippen molar-refractivity contribution in [1.29, 1.82) is 5.26 Å². The number of aryl methyl sites for hydroxylation is 2. The van der Waals surface area contributed by atoms with Crippen molar-refractivity contribution >= 4 is 44.5 Å². The number of anilines is 1. The summed E-state index contributed by atoms with van der Waals surface area (Å²) in [7, 11) is 0. The lowest BCUT2D eigenvalue weighted by Crippen LogP contribution is -2.36. The van der Waals surface area contributed by atoms with Crippen molar-refractivity contribution in [3.05, 3.63) is 45.4 Å². The average molecular weight is 427 g/mol. The molecule has 1 fully saturated rings. The first kappa shape index (κ1) is 17.8. The first-order valence-corrected chi connectivity index (χ1v) is 9.55. The highest BCUT2D eigenvalue weighted by Crippen LogP contribution is 2.32. The van der Waals surface area contributed by atoms with Gasteiger partial charge in [-0.25, -0.2) is 4.98 Å². The third kappa shape index (κ3) is 3.51. The Morgan fingerprint density at radius 2 is 2.00 bits per heavy atom. The molecule has 1 aliphatic rings. The number of allylic oxidation sites excluding steroid dienone is 1. The Bertz CT molecular complexity index is 1030. The molecule has 0 radical (unpaired) electrons. The Labute approximate surface area is 165 Å². The maximum Gasteiger partial charge on any atom is 0.210 e. The number of nitriles is 1. The zero-order chi connectivity index (χ0) is 19.0. The smallest absolute Gasteiger partial charge is 0.210 e. The number of benzene rings is 1. The minimum absolute atomic E-state index is 0.427. The standard InChI is InChI=1S/C20H19BrN4O2/c1-12-7-17-18(8-13(12)2)24-19(23-17)14(11-22)9-15-10-16(21)20(27-15)25-3-5-26-6-4-25/h7-10H,3-6H2,1-2H3,(H,23,24)/b14-9-. The van der Waals surface area contributed by atoms with Crippen LogP contribution >= 0.6 is 15.9 Å². The van der Waals surface area contributed by atoms with Gasteiger partial charge >= 0.3 is 0 Å². The molecule has 0 bridgehead atoms. The van der Waals surface area contributed by atoms with Gasteiger partial charge in [-0.05, 0) is 53.0 Å². The van der Waals surface area contributed by atoms with Crippen LogP contribution in [0.4, 0.5) is 5.88 Å². The molecule has 138 valence electrons. The van der Waals surface area contributed by atoms with Gasteiger partial charge in [0.25, 0.3) is 0 Å². The van der Waals surface area contributed by atoms with E-state index in [1.54, 1.807) is 6.08 Å².